The molecule has 8 rings (SSSR count). The van der Waals surface area contributed by atoms with Crippen LogP contribution in [0, 0.1) is 51.2 Å². The molecule has 5 aliphatic carbocycles. The fourth-order valence-electron chi connectivity index (χ4n) is 15.2. The summed E-state index contributed by atoms with van der Waals surface area (Å²) >= 11 is 4.90. The molecular weight excluding hydrogens is 928 g/mol. The van der Waals surface area contributed by atoms with Gasteiger partial charge in [0.05, 0.1) is 18.1 Å². The predicted molar refractivity (Wildman–Crippen MR) is 271 cm³/mol. The van der Waals surface area contributed by atoms with Gasteiger partial charge in [0.1, 0.15) is 5.75 Å². The highest BCUT2D eigenvalue weighted by atomic mass is 127. The van der Waals surface area contributed by atoms with Crippen LogP contribution in [0.5, 0.6) is 5.75 Å². The Hall–Kier alpha value is -2.12. The maximum atomic E-state index is 14.8. The SMILES string of the molecule is C=C(C)C1CCC2(C(=O)NCCc3cccc(C(=O)NCc4ccc(OCCCN5CCN(SCC)CC5)cc4)c3)CCC3(I)C(CCC4C5(C)CCC(O)C(C)(C)C5CCC43C)C12. The third-order valence-corrected chi connectivity index (χ3v) is 22.1. The Balaban J connectivity index is 0.837. The van der Waals surface area contributed by atoms with Crippen LogP contribution in [-0.4, -0.2) is 87.3 Å². The summed E-state index contributed by atoms with van der Waals surface area (Å²) in [6.07, 6.45) is 12.4. The number of hydrogen-bond acceptors (Lipinski definition) is 7. The highest BCUT2D eigenvalue weighted by molar-refractivity contribution is 14.1. The number of rotatable bonds is 15. The lowest BCUT2D eigenvalue weighted by Crippen LogP contribution is -2.69. The Morgan fingerprint density at radius 1 is 0.891 bits per heavy atom. The molecule has 0 bridgehead atoms. The number of nitrogens with one attached hydrogen (secondary N) is 2. The standard InChI is InChI=1S/C54H79IN4O4S/c1-8-64-59-32-30-58(31-33-59)29-10-34-63-41-15-13-39(14-16-41)36-57-48(61)40-12-9-11-38(35-40)22-28-56-49(62)53-25-19-42(37(2)3)47(53)43-17-18-45-51(6)23-21-46(60)50(4,5)44(51)20-24-52(45,7)54(43,55)27-26-53/h9,11-16,35,42-47,60H,2,8,10,17-34,36H2,1,3-7H3,(H,56,62)(H,57,61). The molecule has 6 aliphatic rings. The number of alkyl halides is 1. The number of hydrogen-bond donors (Lipinski definition) is 3. The van der Waals surface area contributed by atoms with E-state index in [0.717, 1.165) is 100 Å². The lowest BCUT2D eigenvalue weighted by atomic mass is 9.36. The van der Waals surface area contributed by atoms with Crippen LogP contribution in [0.1, 0.15) is 134 Å². The molecule has 10 atom stereocenters. The maximum absolute atomic E-state index is 14.8. The van der Waals surface area contributed by atoms with Crippen molar-refractivity contribution in [3.8, 4) is 5.75 Å². The Bertz CT molecular complexity index is 1990. The lowest BCUT2D eigenvalue weighted by Gasteiger charge is -2.72. The number of amides is 2. The highest BCUT2D eigenvalue weighted by Crippen LogP contribution is 2.77. The van der Waals surface area contributed by atoms with Gasteiger partial charge in [-0.15, -0.1) is 0 Å². The monoisotopic (exact) mass is 1010 g/mol. The van der Waals surface area contributed by atoms with Crippen molar-refractivity contribution in [3.63, 3.8) is 0 Å². The van der Waals surface area contributed by atoms with Crippen LogP contribution >= 0.6 is 34.5 Å². The summed E-state index contributed by atoms with van der Waals surface area (Å²) in [5.74, 6) is 4.49. The van der Waals surface area contributed by atoms with E-state index in [1.807, 2.05) is 54.4 Å². The van der Waals surface area contributed by atoms with Crippen molar-refractivity contribution in [2.75, 3.05) is 51.6 Å². The van der Waals surface area contributed by atoms with Crippen LogP contribution in [0.4, 0.5) is 0 Å². The number of carbonyl (C=O) groups is 2. The summed E-state index contributed by atoms with van der Waals surface area (Å²) < 4.78 is 8.65. The van der Waals surface area contributed by atoms with Crippen molar-refractivity contribution in [3.05, 3.63) is 77.4 Å². The van der Waals surface area contributed by atoms with Crippen molar-refractivity contribution in [1.82, 2.24) is 19.8 Å². The maximum Gasteiger partial charge on any atom is 0.251 e. The zero-order chi connectivity index (χ0) is 45.5. The largest absolute Gasteiger partial charge is 0.494 e. The molecular formula is C54H79IN4O4S. The number of aliphatic hydroxyl groups excluding tert-OH is 1. The summed E-state index contributed by atoms with van der Waals surface area (Å²) in [4.78, 5) is 30.6. The van der Waals surface area contributed by atoms with Crippen molar-refractivity contribution < 1.29 is 19.4 Å². The van der Waals surface area contributed by atoms with Crippen molar-refractivity contribution >= 4 is 46.4 Å². The predicted octanol–water partition coefficient (Wildman–Crippen LogP) is 10.5. The van der Waals surface area contributed by atoms with Gasteiger partial charge in [0.15, 0.2) is 0 Å². The Morgan fingerprint density at radius 3 is 2.39 bits per heavy atom. The van der Waals surface area contributed by atoms with Gasteiger partial charge in [-0.25, -0.2) is 4.31 Å². The second-order valence-corrected chi connectivity index (χ2v) is 25.4. The number of fused-ring (bicyclic) bond motifs is 7. The van der Waals surface area contributed by atoms with Crippen LogP contribution in [0.2, 0.25) is 0 Å². The number of carbonyl (C=O) groups excluding carboxylic acids is 2. The molecule has 5 saturated carbocycles. The molecule has 6 fully saturated rings. The van der Waals surface area contributed by atoms with E-state index in [1.54, 1.807) is 0 Å². The van der Waals surface area contributed by atoms with Crippen molar-refractivity contribution in [2.24, 2.45) is 51.2 Å². The number of allylic oxidation sites excluding steroid dienone is 1. The minimum atomic E-state index is -0.362. The van der Waals surface area contributed by atoms with E-state index in [-0.39, 0.29) is 43.0 Å². The summed E-state index contributed by atoms with van der Waals surface area (Å²) in [6.45, 7) is 26.2. The molecule has 0 spiro atoms. The van der Waals surface area contributed by atoms with E-state index in [1.165, 1.54) is 31.3 Å². The molecule has 1 heterocycles. The number of ether oxygens (including phenoxy) is 1. The zero-order valence-electron chi connectivity index (χ0n) is 40.0. The smallest absolute Gasteiger partial charge is 0.251 e. The van der Waals surface area contributed by atoms with Gasteiger partial charge in [0.2, 0.25) is 5.91 Å². The third-order valence-electron chi connectivity index (χ3n) is 18.6. The lowest BCUT2D eigenvalue weighted by molar-refractivity contribution is -0.204. The van der Waals surface area contributed by atoms with Crippen LogP contribution < -0.4 is 15.4 Å². The molecule has 64 heavy (non-hydrogen) atoms. The van der Waals surface area contributed by atoms with E-state index in [2.05, 4.69) is 96.6 Å². The quantitative estimate of drug-likeness (QED) is 0.0538. The topological polar surface area (TPSA) is 94.1 Å². The van der Waals surface area contributed by atoms with Crippen molar-refractivity contribution in [2.45, 2.75) is 135 Å². The highest BCUT2D eigenvalue weighted by Gasteiger charge is 2.72. The summed E-state index contributed by atoms with van der Waals surface area (Å²) in [7, 11) is 0. The molecule has 0 aromatic heterocycles. The molecule has 0 radical (unpaired) electrons. The summed E-state index contributed by atoms with van der Waals surface area (Å²) in [5, 5.41) is 17.7. The molecule has 352 valence electrons. The zero-order valence-corrected chi connectivity index (χ0v) is 43.0. The van der Waals surface area contributed by atoms with Gasteiger partial charge in [-0.2, -0.15) is 0 Å². The van der Waals surface area contributed by atoms with E-state index >= 15 is 0 Å². The Labute approximate surface area is 403 Å². The van der Waals surface area contributed by atoms with E-state index < -0.39 is 0 Å². The van der Waals surface area contributed by atoms with Crippen LogP contribution in [0.25, 0.3) is 0 Å². The first-order chi connectivity index (χ1) is 30.6. The average Bonchev–Trinajstić information content (AvgIpc) is 3.69. The van der Waals surface area contributed by atoms with Crippen molar-refractivity contribution in [1.29, 1.82) is 0 Å². The molecule has 3 N–H and O–H groups in total. The summed E-state index contributed by atoms with van der Waals surface area (Å²) in [6, 6.07) is 15.9. The number of piperazine rings is 1. The normalized spacial score (nSPS) is 35.9. The number of benzene rings is 2. The van der Waals surface area contributed by atoms with Gasteiger partial charge in [-0.1, -0.05) is 106 Å². The van der Waals surface area contributed by atoms with Crippen LogP contribution in [-0.2, 0) is 17.8 Å². The van der Waals surface area contributed by atoms with Gasteiger partial charge in [0.25, 0.3) is 5.91 Å². The minimum absolute atomic E-state index is 0.0543. The molecule has 2 amide bonds. The Kier molecular flexibility index (Phi) is 14.7. The third kappa shape index (κ3) is 9.00. The molecule has 2 aromatic rings. The first kappa shape index (κ1) is 48.3. The minimum Gasteiger partial charge on any atom is -0.494 e. The first-order valence-electron chi connectivity index (χ1n) is 25.1. The van der Waals surface area contributed by atoms with Crippen LogP contribution in [0.15, 0.2) is 60.7 Å². The van der Waals surface area contributed by atoms with Crippen LogP contribution in [0.3, 0.4) is 0 Å². The molecule has 1 aliphatic heterocycles. The van der Waals surface area contributed by atoms with Gasteiger partial charge in [-0.05, 0) is 165 Å². The number of nitrogens with zero attached hydrogens (tertiary/aromatic N) is 2. The Morgan fingerprint density at radius 2 is 1.66 bits per heavy atom. The van der Waals surface area contributed by atoms with Gasteiger partial charge >= 0.3 is 0 Å². The second-order valence-electron chi connectivity index (χ2n) is 22.1. The first-order valence-corrected chi connectivity index (χ1v) is 27.1. The van der Waals surface area contributed by atoms with E-state index in [4.69, 9.17) is 4.74 Å². The van der Waals surface area contributed by atoms with E-state index in [0.29, 0.717) is 61.3 Å². The van der Waals surface area contributed by atoms with Gasteiger partial charge in [-0.3, -0.25) is 9.59 Å². The average molecular weight is 1010 g/mol. The second kappa shape index (κ2) is 19.5. The fourth-order valence-corrected chi connectivity index (χ4v) is 17.6. The molecule has 8 nitrogen and oxygen atoms in total. The molecule has 1 saturated heterocycles. The molecule has 2 aromatic carbocycles. The molecule has 10 unspecified atom stereocenters. The number of halogens is 1. The van der Waals surface area contributed by atoms with Gasteiger partial charge < -0.3 is 25.4 Å². The number of aliphatic hydroxyl groups is 1. The fraction of sp³-hybridized carbons (Fsp3) is 0.704. The van der Waals surface area contributed by atoms with E-state index in [9.17, 15) is 14.7 Å². The molecule has 10 heteroatoms. The summed E-state index contributed by atoms with van der Waals surface area (Å²) in [5.41, 5.74) is 3.99. The van der Waals surface area contributed by atoms with Gasteiger partial charge in [0, 0.05) is 60.6 Å².